The van der Waals surface area contributed by atoms with Crippen LogP contribution in [0.4, 0.5) is 56.9 Å². The van der Waals surface area contributed by atoms with Crippen LogP contribution in [0.25, 0.3) is 88.4 Å². The summed E-state index contributed by atoms with van der Waals surface area (Å²) in [7, 11) is 0. The molecular weight excluding hydrogens is 1680 g/mol. The Bertz CT molecular complexity index is 8140. The van der Waals surface area contributed by atoms with Gasteiger partial charge in [-0.05, 0) is 313 Å². The van der Waals surface area contributed by atoms with Gasteiger partial charge in [0.1, 0.15) is 11.2 Å². The molecule has 17 aromatic rings. The van der Waals surface area contributed by atoms with Crippen molar-refractivity contribution in [2.45, 2.75) is 297 Å². The van der Waals surface area contributed by atoms with Gasteiger partial charge in [0.2, 0.25) is 11.4 Å². The Morgan fingerprint density at radius 3 is 1.15 bits per heavy atom. The lowest BCUT2D eigenvalue weighted by Crippen LogP contribution is -2.60. The van der Waals surface area contributed by atoms with Crippen molar-refractivity contribution in [1.82, 2.24) is 9.13 Å². The van der Waals surface area contributed by atoms with E-state index in [0.717, 1.165) is 35.4 Å². The number of anilines is 10. The monoisotopic (exact) mass is 1810 g/mol. The van der Waals surface area contributed by atoms with Crippen molar-refractivity contribution in [3.8, 4) is 22.5 Å². The lowest BCUT2D eigenvalue weighted by atomic mass is 9.33. The Labute approximate surface area is 818 Å². The molecule has 10 heteroatoms. The number of benzene rings is 13. The van der Waals surface area contributed by atoms with E-state index in [9.17, 15) is 0 Å². The van der Waals surface area contributed by atoms with E-state index in [2.05, 4.69) is 438 Å². The highest BCUT2D eigenvalue weighted by atomic mass is 16.3. The fourth-order valence-electron chi connectivity index (χ4n) is 27.9. The Balaban J connectivity index is 0.000000146. The summed E-state index contributed by atoms with van der Waals surface area (Å²) in [5, 5.41) is 7.33. The van der Waals surface area contributed by atoms with Gasteiger partial charge in [0.25, 0.3) is 13.4 Å². The van der Waals surface area contributed by atoms with Crippen molar-refractivity contribution in [2.24, 2.45) is 0 Å². The highest BCUT2D eigenvalue weighted by Crippen LogP contribution is 2.65. The quantitative estimate of drug-likeness (QED) is 0.160. The molecule has 2 saturated carbocycles. The maximum absolute atomic E-state index is 7.03. The number of hydrogen-bond donors (Lipinski definition) is 0. The fourth-order valence-corrected chi connectivity index (χ4v) is 27.9. The van der Waals surface area contributed by atoms with Crippen LogP contribution in [0.3, 0.4) is 0 Å². The number of nitrogens with zero attached hydrogens (tertiary/aromatic N) is 6. The smallest absolute Gasteiger partial charge is 0.252 e. The molecule has 4 aromatic heterocycles. The van der Waals surface area contributed by atoms with Crippen molar-refractivity contribution in [3.63, 3.8) is 0 Å². The van der Waals surface area contributed by atoms with Gasteiger partial charge in [0.05, 0.1) is 38.6 Å². The summed E-state index contributed by atoms with van der Waals surface area (Å²) in [4.78, 5) is 10.9. The van der Waals surface area contributed by atoms with Gasteiger partial charge in [0, 0.05) is 100 Å². The van der Waals surface area contributed by atoms with E-state index >= 15 is 0 Å². The highest BCUT2D eigenvalue weighted by molar-refractivity contribution is 7.01. The molecule has 0 N–H and O–H groups in total. The molecule has 138 heavy (non-hydrogen) atoms. The maximum Gasteiger partial charge on any atom is 0.252 e. The second kappa shape index (κ2) is 28.8. The predicted octanol–water partition coefficient (Wildman–Crippen LogP) is 30.9. The molecule has 0 bridgehead atoms. The normalized spacial score (nSPS) is 20.8. The van der Waals surface area contributed by atoms with Gasteiger partial charge in [-0.15, -0.1) is 0 Å². The summed E-state index contributed by atoms with van der Waals surface area (Å²) in [6, 6.07) is 93.2. The third-order valence-corrected chi connectivity index (χ3v) is 36.2. The largest absolute Gasteiger partial charge is 0.439 e. The van der Waals surface area contributed by atoms with E-state index in [0.29, 0.717) is 0 Å². The predicted molar refractivity (Wildman–Crippen MR) is 589 cm³/mol. The third-order valence-electron chi connectivity index (χ3n) is 36.2. The molecule has 0 saturated heterocycles. The number of rotatable bonds is 5. The van der Waals surface area contributed by atoms with Crippen LogP contribution in [0, 0.1) is 13.8 Å². The van der Waals surface area contributed by atoms with Crippen molar-refractivity contribution in [2.75, 3.05) is 19.6 Å². The average Bonchev–Trinajstić information content (AvgIpc) is 1.46. The first-order valence-corrected chi connectivity index (χ1v) is 51.8. The van der Waals surface area contributed by atoms with E-state index < -0.39 is 0 Å². The molecule has 0 spiro atoms. The van der Waals surface area contributed by atoms with Crippen LogP contribution < -0.4 is 52.4 Å². The van der Waals surface area contributed by atoms with Gasteiger partial charge in [-0.25, -0.2) is 0 Å². The van der Waals surface area contributed by atoms with E-state index in [-0.39, 0.29) is 73.2 Å². The Morgan fingerprint density at radius 2 is 0.688 bits per heavy atom. The summed E-state index contributed by atoms with van der Waals surface area (Å²) in [5.41, 5.74) is 47.4. The number of aromatic nitrogens is 2. The van der Waals surface area contributed by atoms with Gasteiger partial charge in [-0.3, -0.25) is 9.13 Å². The van der Waals surface area contributed by atoms with E-state index in [4.69, 9.17) is 8.83 Å². The van der Waals surface area contributed by atoms with Gasteiger partial charge in [0.15, 0.2) is 0 Å². The molecule has 694 valence electrons. The molecule has 9 aliphatic rings. The van der Waals surface area contributed by atoms with Gasteiger partial charge in [-0.1, -0.05) is 298 Å². The molecule has 26 rings (SSSR count). The molecule has 2 fully saturated rings. The van der Waals surface area contributed by atoms with Crippen molar-refractivity contribution >= 4 is 169 Å². The van der Waals surface area contributed by atoms with Crippen molar-refractivity contribution in [3.05, 3.63) is 298 Å². The molecule has 4 atom stereocenters. The second-order valence-corrected chi connectivity index (χ2v) is 50.7. The molecule has 6 aliphatic heterocycles. The molecular formula is C128H134B2N6O2. The van der Waals surface area contributed by atoms with Crippen LogP contribution in [-0.4, -0.2) is 33.6 Å². The second-order valence-electron chi connectivity index (χ2n) is 50.7. The van der Waals surface area contributed by atoms with Gasteiger partial charge in [-0.2, -0.15) is 0 Å². The number of aryl methyl sites for hydroxylation is 2. The fraction of sp³-hybridized carbons (Fsp3) is 0.359. The first-order chi connectivity index (χ1) is 65.4. The first-order valence-electron chi connectivity index (χ1n) is 51.8. The number of para-hydroxylation sites is 2. The molecule has 0 amide bonds. The van der Waals surface area contributed by atoms with Crippen LogP contribution in [0.1, 0.15) is 285 Å². The molecule has 10 heterocycles. The summed E-state index contributed by atoms with van der Waals surface area (Å²) in [6.45, 7) is 60.1. The van der Waals surface area contributed by atoms with Gasteiger partial charge >= 0.3 is 0 Å². The van der Waals surface area contributed by atoms with Gasteiger partial charge < -0.3 is 28.4 Å². The SMILES string of the molecule is Cc1cc2c3c(c1)-n1c4oc5ccccc5c4c4cc(C(C)(C)C)cc(c41)B3c1ccc(N3c4ccc(C(C)(C)C)cc4C4(C)CCCCC34C)cc1N2c1ccc(C(C)(C)C)cc1-c1ccccc1.Cc1cc2c3c(c1)-n1c4oc5ccccc5c4c4cc(C(C)(C)C)cc(c41)B3c1ccc(N3c4ccc(C(C)(C)C)cc4C4(C)CCCCC34C)cc1N2c1ccc2c(c1)C(C)(C)CCC2(C)C. The van der Waals surface area contributed by atoms with Crippen LogP contribution in [0.15, 0.2) is 245 Å². The van der Waals surface area contributed by atoms with Crippen LogP contribution in [-0.2, 0) is 48.7 Å². The Morgan fingerprint density at radius 1 is 0.290 bits per heavy atom. The number of furan rings is 2. The van der Waals surface area contributed by atoms with Crippen LogP contribution >= 0.6 is 0 Å². The highest BCUT2D eigenvalue weighted by Gasteiger charge is 2.61. The minimum absolute atomic E-state index is 0.00811. The molecule has 13 aromatic carbocycles. The Kier molecular flexibility index (Phi) is 18.2. The van der Waals surface area contributed by atoms with Crippen molar-refractivity contribution in [1.29, 1.82) is 0 Å². The van der Waals surface area contributed by atoms with Crippen LogP contribution in [0.2, 0.25) is 0 Å². The zero-order valence-corrected chi connectivity index (χ0v) is 86.2. The number of fused-ring (bicyclic) bond motifs is 25. The minimum atomic E-state index is -0.0984. The standard InChI is InChI=1S/C65H66BN3O.C63H68BN3O/c1-39-32-54-58-55(33-39)68-59-47(57-45-22-16-17-23-56(45)70-60(57)68)35-43(63(8,9)10)37-50(59)66(58)49-27-26-44(69-52-29-25-42(62(5,6)7)36-48(52)64(11)30-18-19-31-65(64,69)12)38-53(49)67(54)51-28-24-41(61(2,3)4)34-46(51)40-20-14-13-15-21-40;1-37-30-51-55-52(31-37)66-56-43(54-42-18-14-15-19-53(42)68-57(54)66)32-39(59(5,6)7)34-48(56)64(55)47-24-22-41(36-50(47)65(51)40-21-23-44-45(35-40)61(10,11)29-28-60(44,8)9)67-49-25-20-38(58(2,3)4)33-46(49)62(12)26-16-17-27-63(62,67)13/h13-17,20-29,32-38H,18-19,30-31H2,1-12H3;14-15,18-25,30-36H,16-17,26-29H2,1-13H3. The summed E-state index contributed by atoms with van der Waals surface area (Å²) in [5.74, 6) is 0. The average molecular weight is 1810 g/mol. The number of hydrogen-bond acceptors (Lipinski definition) is 6. The van der Waals surface area contributed by atoms with E-state index in [1.54, 1.807) is 0 Å². The zero-order valence-electron chi connectivity index (χ0n) is 86.2. The lowest BCUT2D eigenvalue weighted by Gasteiger charge is -2.50. The Hall–Kier alpha value is -12.1. The lowest BCUT2D eigenvalue weighted by molar-refractivity contribution is 0.195. The van der Waals surface area contributed by atoms with Crippen LogP contribution in [0.5, 0.6) is 0 Å². The maximum atomic E-state index is 7.03. The molecule has 4 unspecified atom stereocenters. The molecule has 8 nitrogen and oxygen atoms in total. The molecule has 3 aliphatic carbocycles. The first kappa shape index (κ1) is 87.4. The summed E-state index contributed by atoms with van der Waals surface area (Å²) >= 11 is 0. The summed E-state index contributed by atoms with van der Waals surface area (Å²) < 4.78 is 19.0. The molecule has 0 radical (unpaired) electrons. The zero-order chi connectivity index (χ0) is 96.0. The van der Waals surface area contributed by atoms with Crippen molar-refractivity contribution < 1.29 is 8.83 Å². The summed E-state index contributed by atoms with van der Waals surface area (Å²) in [6.07, 6.45) is 12.1. The van der Waals surface area contributed by atoms with E-state index in [1.165, 1.54) is 268 Å². The minimum Gasteiger partial charge on any atom is -0.439 e. The topological polar surface area (TPSA) is 49.1 Å². The van der Waals surface area contributed by atoms with E-state index in [1.807, 2.05) is 0 Å². The third kappa shape index (κ3) is 12.1.